The minimum absolute atomic E-state index is 0.0199. The van der Waals surface area contributed by atoms with Gasteiger partial charge in [0.05, 0.1) is 4.90 Å². The first kappa shape index (κ1) is 15.5. The van der Waals surface area contributed by atoms with Gasteiger partial charge in [-0.1, -0.05) is 19.4 Å². The van der Waals surface area contributed by atoms with Crippen LogP contribution in [0.4, 0.5) is 5.69 Å². The topological polar surface area (TPSA) is 89.3 Å². The number of nitrogens with one attached hydrogen (secondary N) is 1. The summed E-state index contributed by atoms with van der Waals surface area (Å²) < 4.78 is 24.0. The van der Waals surface area contributed by atoms with Crippen LogP contribution in [0, 0.1) is 0 Å². The Morgan fingerprint density at radius 2 is 2.11 bits per heavy atom. The van der Waals surface area contributed by atoms with Crippen LogP contribution in [0.25, 0.3) is 0 Å². The van der Waals surface area contributed by atoms with Gasteiger partial charge in [-0.15, -0.1) is 0 Å². The van der Waals surface area contributed by atoms with E-state index in [1.807, 2.05) is 13.8 Å². The Bertz CT molecular complexity index is 541. The third-order valence-corrected chi connectivity index (χ3v) is 4.28. The van der Waals surface area contributed by atoms with Crippen LogP contribution in [-0.2, 0) is 14.6 Å². The van der Waals surface area contributed by atoms with Gasteiger partial charge in [-0.3, -0.25) is 4.79 Å². The number of nitrogen functional groups attached to an aromatic ring is 1. The van der Waals surface area contributed by atoms with E-state index < -0.39 is 21.5 Å². The molecule has 0 aliphatic rings. The molecule has 1 aromatic carbocycles. The average molecular weight is 284 g/mol. The number of hydrogen-bond acceptors (Lipinski definition) is 4. The molecule has 1 atom stereocenters. The van der Waals surface area contributed by atoms with Crippen molar-refractivity contribution in [2.75, 3.05) is 11.5 Å². The molecule has 1 amide bonds. The molecule has 106 valence electrons. The van der Waals surface area contributed by atoms with E-state index in [4.69, 9.17) is 5.73 Å². The van der Waals surface area contributed by atoms with Crippen molar-refractivity contribution in [2.45, 2.75) is 37.6 Å². The molecule has 0 aromatic heterocycles. The zero-order valence-electron chi connectivity index (χ0n) is 11.2. The molecule has 0 fully saturated rings. The summed E-state index contributed by atoms with van der Waals surface area (Å²) in [5.41, 5.74) is 5.90. The lowest BCUT2D eigenvalue weighted by Crippen LogP contribution is -2.36. The number of hydrogen-bond donors (Lipinski definition) is 2. The van der Waals surface area contributed by atoms with Crippen LogP contribution in [0.1, 0.15) is 26.7 Å². The lowest BCUT2D eigenvalue weighted by Gasteiger charge is -2.12. The first-order valence-electron chi connectivity index (χ1n) is 6.23. The number of amides is 1. The van der Waals surface area contributed by atoms with E-state index in [1.165, 1.54) is 12.1 Å². The maximum absolute atomic E-state index is 12.0. The van der Waals surface area contributed by atoms with E-state index in [-0.39, 0.29) is 10.9 Å². The second-order valence-electron chi connectivity index (χ2n) is 4.59. The molecule has 0 aliphatic heterocycles. The van der Waals surface area contributed by atoms with Crippen LogP contribution >= 0.6 is 0 Å². The molecule has 0 spiro atoms. The molecule has 3 N–H and O–H groups in total. The number of rotatable bonds is 6. The van der Waals surface area contributed by atoms with E-state index in [2.05, 4.69) is 5.32 Å². The van der Waals surface area contributed by atoms with Gasteiger partial charge < -0.3 is 11.1 Å². The molecule has 5 nitrogen and oxygen atoms in total. The smallest absolute Gasteiger partial charge is 0.235 e. The van der Waals surface area contributed by atoms with Crippen molar-refractivity contribution >= 4 is 21.4 Å². The van der Waals surface area contributed by atoms with Gasteiger partial charge in [0, 0.05) is 11.7 Å². The van der Waals surface area contributed by atoms with Crippen molar-refractivity contribution in [3.63, 3.8) is 0 Å². The number of anilines is 1. The molecule has 0 saturated heterocycles. The average Bonchev–Trinajstić information content (AvgIpc) is 2.28. The van der Waals surface area contributed by atoms with Crippen molar-refractivity contribution in [1.82, 2.24) is 5.32 Å². The lowest BCUT2D eigenvalue weighted by atomic mass is 10.2. The first-order valence-corrected chi connectivity index (χ1v) is 7.88. The third-order valence-electron chi connectivity index (χ3n) is 2.67. The van der Waals surface area contributed by atoms with Gasteiger partial charge in [0.1, 0.15) is 5.75 Å². The van der Waals surface area contributed by atoms with Crippen LogP contribution in [0.5, 0.6) is 0 Å². The van der Waals surface area contributed by atoms with Gasteiger partial charge in [-0.05, 0) is 31.5 Å². The number of nitrogens with two attached hydrogens (primary N) is 1. The fourth-order valence-electron chi connectivity index (χ4n) is 1.79. The molecule has 0 saturated carbocycles. The second-order valence-corrected chi connectivity index (χ2v) is 6.58. The molecule has 1 unspecified atom stereocenters. The Morgan fingerprint density at radius 1 is 1.42 bits per heavy atom. The quantitative estimate of drug-likeness (QED) is 0.772. The highest BCUT2D eigenvalue weighted by atomic mass is 32.2. The summed E-state index contributed by atoms with van der Waals surface area (Å²) in [5, 5.41) is 2.67. The molecule has 0 aliphatic carbocycles. The fraction of sp³-hybridized carbons (Fsp3) is 0.462. The van der Waals surface area contributed by atoms with Crippen molar-refractivity contribution < 1.29 is 13.2 Å². The van der Waals surface area contributed by atoms with E-state index in [1.54, 1.807) is 12.1 Å². The molecular weight excluding hydrogens is 264 g/mol. The van der Waals surface area contributed by atoms with Gasteiger partial charge in [0.25, 0.3) is 0 Å². The van der Waals surface area contributed by atoms with Crippen molar-refractivity contribution in [3.8, 4) is 0 Å². The highest BCUT2D eigenvalue weighted by Crippen LogP contribution is 2.14. The standard InChI is InChI=1S/C13H20N2O3S/c1-3-5-10(2)15-13(16)9-19(17,18)12-7-4-6-11(14)8-12/h4,6-8,10H,3,5,9,14H2,1-2H3,(H,15,16). The zero-order chi connectivity index (χ0) is 14.5. The van der Waals surface area contributed by atoms with Crippen LogP contribution in [0.2, 0.25) is 0 Å². The molecule has 0 radical (unpaired) electrons. The van der Waals surface area contributed by atoms with Gasteiger partial charge in [0.2, 0.25) is 5.91 Å². The summed E-state index contributed by atoms with van der Waals surface area (Å²) in [6.07, 6.45) is 1.76. The molecule has 1 rings (SSSR count). The Labute approximate surface area is 114 Å². The molecule has 0 heterocycles. The number of sulfone groups is 1. The second kappa shape index (κ2) is 6.56. The zero-order valence-corrected chi connectivity index (χ0v) is 12.0. The van der Waals surface area contributed by atoms with Crippen LogP contribution in [-0.4, -0.2) is 26.1 Å². The SMILES string of the molecule is CCCC(C)NC(=O)CS(=O)(=O)c1cccc(N)c1. The van der Waals surface area contributed by atoms with Crippen LogP contribution in [0.15, 0.2) is 29.2 Å². The minimum atomic E-state index is -3.63. The summed E-state index contributed by atoms with van der Waals surface area (Å²) in [4.78, 5) is 11.8. The van der Waals surface area contributed by atoms with Gasteiger partial charge in [0.15, 0.2) is 9.84 Å². The normalized spacial score (nSPS) is 12.9. The lowest BCUT2D eigenvalue weighted by molar-refractivity contribution is -0.119. The van der Waals surface area contributed by atoms with Crippen LogP contribution < -0.4 is 11.1 Å². The van der Waals surface area contributed by atoms with Gasteiger partial charge in [-0.2, -0.15) is 0 Å². The fourth-order valence-corrected chi connectivity index (χ4v) is 2.98. The molecule has 0 bridgehead atoms. The Balaban J connectivity index is 2.72. The Morgan fingerprint density at radius 3 is 2.68 bits per heavy atom. The predicted molar refractivity (Wildman–Crippen MR) is 75.4 cm³/mol. The van der Waals surface area contributed by atoms with Gasteiger partial charge >= 0.3 is 0 Å². The number of carbonyl (C=O) groups is 1. The number of carbonyl (C=O) groups excluding carboxylic acids is 1. The van der Waals surface area contributed by atoms with E-state index in [0.29, 0.717) is 5.69 Å². The summed E-state index contributed by atoms with van der Waals surface area (Å²) in [7, 11) is -3.63. The largest absolute Gasteiger partial charge is 0.399 e. The summed E-state index contributed by atoms with van der Waals surface area (Å²) in [6, 6.07) is 5.93. The van der Waals surface area contributed by atoms with Crippen molar-refractivity contribution in [3.05, 3.63) is 24.3 Å². The van der Waals surface area contributed by atoms with Crippen molar-refractivity contribution in [2.24, 2.45) is 0 Å². The maximum Gasteiger partial charge on any atom is 0.235 e. The molecule has 19 heavy (non-hydrogen) atoms. The highest BCUT2D eigenvalue weighted by molar-refractivity contribution is 7.92. The minimum Gasteiger partial charge on any atom is -0.399 e. The third kappa shape index (κ3) is 4.90. The van der Waals surface area contributed by atoms with E-state index in [9.17, 15) is 13.2 Å². The summed E-state index contributed by atoms with van der Waals surface area (Å²) in [6.45, 7) is 3.86. The highest BCUT2D eigenvalue weighted by Gasteiger charge is 2.20. The first-order chi connectivity index (χ1) is 8.85. The summed E-state index contributed by atoms with van der Waals surface area (Å²) >= 11 is 0. The van der Waals surface area contributed by atoms with Crippen molar-refractivity contribution in [1.29, 1.82) is 0 Å². The maximum atomic E-state index is 12.0. The predicted octanol–water partition coefficient (Wildman–Crippen LogP) is 1.35. The molecular formula is C13H20N2O3S. The van der Waals surface area contributed by atoms with E-state index >= 15 is 0 Å². The Kier molecular flexibility index (Phi) is 5.35. The Hall–Kier alpha value is -1.56. The molecule has 6 heteroatoms. The molecule has 1 aromatic rings. The number of benzene rings is 1. The monoisotopic (exact) mass is 284 g/mol. The van der Waals surface area contributed by atoms with E-state index in [0.717, 1.165) is 12.8 Å². The van der Waals surface area contributed by atoms with Gasteiger partial charge in [-0.25, -0.2) is 8.42 Å². The van der Waals surface area contributed by atoms with Crippen LogP contribution in [0.3, 0.4) is 0 Å². The summed E-state index contributed by atoms with van der Waals surface area (Å²) in [5.74, 6) is -1.03.